The predicted octanol–water partition coefficient (Wildman–Crippen LogP) is 2.19. The van der Waals surface area contributed by atoms with E-state index in [4.69, 9.17) is 5.11 Å². The van der Waals surface area contributed by atoms with Gasteiger partial charge in [0.15, 0.2) is 0 Å². The van der Waals surface area contributed by atoms with E-state index < -0.39 is 5.97 Å². The molecule has 0 spiro atoms. The van der Waals surface area contributed by atoms with Crippen LogP contribution in [0.15, 0.2) is 24.3 Å². The number of nitrogens with zero attached hydrogens (tertiary/aromatic N) is 1. The highest BCUT2D eigenvalue weighted by Crippen LogP contribution is 2.20. The number of amides is 1. The van der Waals surface area contributed by atoms with Crippen molar-refractivity contribution in [2.24, 2.45) is 0 Å². The number of carboxylic acids is 1. The summed E-state index contributed by atoms with van der Waals surface area (Å²) < 4.78 is 0. The van der Waals surface area contributed by atoms with Crippen LogP contribution >= 0.6 is 0 Å². The molecule has 0 heterocycles. The Morgan fingerprint density at radius 3 is 2.48 bits per heavy atom. The quantitative estimate of drug-likeness (QED) is 0.770. The molecule has 1 amide bonds. The van der Waals surface area contributed by atoms with E-state index in [1.807, 2.05) is 45.0 Å². The smallest absolute Gasteiger partial charge is 0.305 e. The van der Waals surface area contributed by atoms with Crippen molar-refractivity contribution in [1.82, 2.24) is 5.32 Å². The van der Waals surface area contributed by atoms with Crippen molar-refractivity contribution in [2.75, 3.05) is 18.0 Å². The Morgan fingerprint density at radius 1 is 1.24 bits per heavy atom. The van der Waals surface area contributed by atoms with Crippen LogP contribution in [0.25, 0.3) is 0 Å². The van der Waals surface area contributed by atoms with Crippen LogP contribution in [0.2, 0.25) is 0 Å². The molecule has 0 aliphatic carbocycles. The summed E-state index contributed by atoms with van der Waals surface area (Å²) in [6.45, 7) is 6.75. The Hall–Kier alpha value is -1.88. The summed E-state index contributed by atoms with van der Waals surface area (Å²) in [5, 5.41) is 12.1. The van der Waals surface area contributed by atoms with Crippen molar-refractivity contribution in [3.8, 4) is 0 Å². The van der Waals surface area contributed by atoms with Crippen molar-refractivity contribution in [3.63, 3.8) is 0 Å². The molecule has 5 heteroatoms. The highest BCUT2D eigenvalue weighted by molar-refractivity contribution is 5.94. The van der Waals surface area contributed by atoms with Crippen LogP contribution < -0.4 is 10.2 Å². The van der Waals surface area contributed by atoms with Crippen LogP contribution in [0.4, 0.5) is 5.69 Å². The zero-order valence-electron chi connectivity index (χ0n) is 12.9. The third-order valence-corrected chi connectivity index (χ3v) is 3.15. The summed E-state index contributed by atoms with van der Waals surface area (Å²) in [5.41, 5.74) is 1.75. The summed E-state index contributed by atoms with van der Waals surface area (Å²) in [5.74, 6) is -0.958. The number of aryl methyl sites for hydroxylation is 1. The Kier molecular flexibility index (Phi) is 6.88. The van der Waals surface area contributed by atoms with Crippen molar-refractivity contribution in [2.45, 2.75) is 39.7 Å². The minimum absolute atomic E-state index is 0.0568. The average molecular weight is 292 g/mol. The Labute approximate surface area is 126 Å². The molecule has 0 saturated heterocycles. The SMILES string of the molecule is Cc1ccccc1N(CCC(=O)O)C(=O)CCNC(C)C. The van der Waals surface area contributed by atoms with Gasteiger partial charge in [-0.2, -0.15) is 0 Å². The molecular formula is C16H24N2O3. The summed E-state index contributed by atoms with van der Waals surface area (Å²) >= 11 is 0. The molecule has 0 atom stereocenters. The number of anilines is 1. The molecule has 116 valence electrons. The number of carboxylic acid groups (broad SMARTS) is 1. The highest BCUT2D eigenvalue weighted by atomic mass is 16.4. The lowest BCUT2D eigenvalue weighted by atomic mass is 10.1. The van der Waals surface area contributed by atoms with Gasteiger partial charge in [-0.3, -0.25) is 9.59 Å². The fraction of sp³-hybridized carbons (Fsp3) is 0.500. The van der Waals surface area contributed by atoms with Crippen LogP contribution in [-0.2, 0) is 9.59 Å². The average Bonchev–Trinajstić information content (AvgIpc) is 2.40. The van der Waals surface area contributed by atoms with Crippen LogP contribution in [0.3, 0.4) is 0 Å². The molecule has 0 radical (unpaired) electrons. The van der Waals surface area contributed by atoms with Crippen molar-refractivity contribution >= 4 is 17.6 Å². The van der Waals surface area contributed by atoms with Gasteiger partial charge in [-0.25, -0.2) is 0 Å². The zero-order chi connectivity index (χ0) is 15.8. The van der Waals surface area contributed by atoms with E-state index in [2.05, 4.69) is 5.32 Å². The third kappa shape index (κ3) is 5.95. The number of carbonyl (C=O) groups excluding carboxylic acids is 1. The molecule has 0 bridgehead atoms. The first-order chi connectivity index (χ1) is 9.91. The molecule has 5 nitrogen and oxygen atoms in total. The lowest BCUT2D eigenvalue weighted by molar-refractivity contribution is -0.136. The lowest BCUT2D eigenvalue weighted by Crippen LogP contribution is -2.36. The number of para-hydroxylation sites is 1. The first kappa shape index (κ1) is 17.2. The van der Waals surface area contributed by atoms with Crippen molar-refractivity contribution in [3.05, 3.63) is 29.8 Å². The fourth-order valence-corrected chi connectivity index (χ4v) is 2.06. The number of rotatable bonds is 8. The molecule has 0 aliphatic rings. The Balaban J connectivity index is 2.79. The molecular weight excluding hydrogens is 268 g/mol. The first-order valence-electron chi connectivity index (χ1n) is 7.23. The minimum atomic E-state index is -0.901. The molecule has 21 heavy (non-hydrogen) atoms. The molecule has 0 fully saturated rings. The van der Waals surface area contributed by atoms with Gasteiger partial charge in [0, 0.05) is 31.2 Å². The summed E-state index contributed by atoms with van der Waals surface area (Å²) in [4.78, 5) is 24.8. The molecule has 2 N–H and O–H groups in total. The number of hydrogen-bond donors (Lipinski definition) is 2. The summed E-state index contributed by atoms with van der Waals surface area (Å²) in [6, 6.07) is 7.85. The maximum absolute atomic E-state index is 12.4. The number of carbonyl (C=O) groups is 2. The minimum Gasteiger partial charge on any atom is -0.481 e. The van der Waals surface area contributed by atoms with Crippen LogP contribution in [0.5, 0.6) is 0 Å². The van der Waals surface area contributed by atoms with E-state index in [0.717, 1.165) is 11.3 Å². The van der Waals surface area contributed by atoms with Gasteiger partial charge in [0.25, 0.3) is 0 Å². The van der Waals surface area contributed by atoms with E-state index >= 15 is 0 Å². The van der Waals surface area contributed by atoms with Gasteiger partial charge in [-0.05, 0) is 18.6 Å². The molecule has 1 rings (SSSR count). The second kappa shape index (κ2) is 8.42. The molecule has 0 aliphatic heterocycles. The van der Waals surface area contributed by atoms with Gasteiger partial charge >= 0.3 is 5.97 Å². The molecule has 0 saturated carbocycles. The van der Waals surface area contributed by atoms with Gasteiger partial charge in [0.1, 0.15) is 0 Å². The predicted molar refractivity (Wildman–Crippen MR) is 83.5 cm³/mol. The second-order valence-electron chi connectivity index (χ2n) is 5.33. The lowest BCUT2D eigenvalue weighted by Gasteiger charge is -2.24. The van der Waals surface area contributed by atoms with E-state index in [0.29, 0.717) is 19.0 Å². The van der Waals surface area contributed by atoms with E-state index in [1.54, 1.807) is 4.90 Å². The number of hydrogen-bond acceptors (Lipinski definition) is 3. The summed E-state index contributed by atoms with van der Waals surface area (Å²) in [6.07, 6.45) is 0.295. The van der Waals surface area contributed by atoms with Gasteiger partial charge < -0.3 is 15.3 Å². The highest BCUT2D eigenvalue weighted by Gasteiger charge is 2.18. The Bertz CT molecular complexity index is 486. The van der Waals surface area contributed by atoms with E-state index in [9.17, 15) is 9.59 Å². The molecule has 1 aromatic rings. The maximum atomic E-state index is 12.4. The topological polar surface area (TPSA) is 69.6 Å². The largest absolute Gasteiger partial charge is 0.481 e. The first-order valence-corrected chi connectivity index (χ1v) is 7.23. The van der Waals surface area contributed by atoms with E-state index in [-0.39, 0.29) is 18.9 Å². The van der Waals surface area contributed by atoms with E-state index in [1.165, 1.54) is 0 Å². The number of aliphatic carboxylic acids is 1. The third-order valence-electron chi connectivity index (χ3n) is 3.15. The van der Waals surface area contributed by atoms with Gasteiger partial charge in [0.05, 0.1) is 6.42 Å². The van der Waals surface area contributed by atoms with Crippen LogP contribution in [0.1, 0.15) is 32.3 Å². The number of benzene rings is 1. The second-order valence-corrected chi connectivity index (χ2v) is 5.33. The Morgan fingerprint density at radius 2 is 1.90 bits per heavy atom. The van der Waals surface area contributed by atoms with Gasteiger partial charge in [-0.1, -0.05) is 32.0 Å². The number of nitrogens with one attached hydrogen (secondary N) is 1. The maximum Gasteiger partial charge on any atom is 0.305 e. The normalized spacial score (nSPS) is 10.7. The van der Waals surface area contributed by atoms with Crippen LogP contribution in [-0.4, -0.2) is 36.1 Å². The summed E-state index contributed by atoms with van der Waals surface area (Å²) in [7, 11) is 0. The fourth-order valence-electron chi connectivity index (χ4n) is 2.06. The van der Waals surface area contributed by atoms with Crippen LogP contribution in [0, 0.1) is 6.92 Å². The molecule has 1 aromatic carbocycles. The zero-order valence-corrected chi connectivity index (χ0v) is 12.9. The monoisotopic (exact) mass is 292 g/mol. The van der Waals surface area contributed by atoms with Crippen molar-refractivity contribution in [1.29, 1.82) is 0 Å². The van der Waals surface area contributed by atoms with Gasteiger partial charge in [0.2, 0.25) is 5.91 Å². The van der Waals surface area contributed by atoms with Crippen molar-refractivity contribution < 1.29 is 14.7 Å². The molecule has 0 unspecified atom stereocenters. The standard InChI is InChI=1S/C16H24N2O3/c1-12(2)17-10-8-15(19)18(11-9-16(20)21)14-7-5-4-6-13(14)3/h4-7,12,17H,8-11H2,1-3H3,(H,20,21). The van der Waals surface area contributed by atoms with Gasteiger partial charge in [-0.15, -0.1) is 0 Å². The molecule has 0 aromatic heterocycles.